The molecule has 3 N–H and O–H groups in total. The topological polar surface area (TPSA) is 145 Å². The quantitative estimate of drug-likeness (QED) is 0.150. The number of unbranched alkanes of at least 4 members (excludes halogenated alkanes) is 1. The summed E-state index contributed by atoms with van der Waals surface area (Å²) in [6.45, 7) is 5.66. The van der Waals surface area contributed by atoms with E-state index in [1.807, 2.05) is 11.8 Å². The molecular weight excluding hydrogens is 611 g/mol. The molecule has 1 atom stereocenters. The van der Waals surface area contributed by atoms with Crippen LogP contribution in [0.2, 0.25) is 0 Å². The monoisotopic (exact) mass is 647 g/mol. The number of nitriles is 1. The molecule has 1 fully saturated rings. The molecule has 14 heteroatoms. The molecule has 2 aliphatic rings. The summed E-state index contributed by atoms with van der Waals surface area (Å²) < 4.78 is 49.0. The van der Waals surface area contributed by atoms with Gasteiger partial charge >= 0.3 is 6.18 Å². The Bertz CT molecular complexity index is 1740. The Hall–Kier alpha value is -4.87. The van der Waals surface area contributed by atoms with Crippen molar-refractivity contribution in [2.45, 2.75) is 52.1 Å². The normalized spacial score (nSPS) is 16.5. The van der Waals surface area contributed by atoms with Crippen LogP contribution in [0.1, 0.15) is 58.1 Å². The van der Waals surface area contributed by atoms with E-state index in [4.69, 9.17) is 20.8 Å². The van der Waals surface area contributed by atoms with Gasteiger partial charge in [0.15, 0.2) is 0 Å². The fourth-order valence-corrected chi connectivity index (χ4v) is 5.82. The highest BCUT2D eigenvalue weighted by Crippen LogP contribution is 2.40. The molecule has 0 bridgehead atoms. The first-order chi connectivity index (χ1) is 22.4. The summed E-state index contributed by atoms with van der Waals surface area (Å²) in [6, 6.07) is 9.88. The van der Waals surface area contributed by atoms with Crippen LogP contribution in [0.15, 0.2) is 36.5 Å². The molecule has 0 unspecified atom stereocenters. The van der Waals surface area contributed by atoms with Crippen LogP contribution < -0.4 is 10.2 Å². The van der Waals surface area contributed by atoms with Crippen molar-refractivity contribution in [2.24, 2.45) is 0 Å². The number of benzene rings is 1. The third kappa shape index (κ3) is 7.42. The van der Waals surface area contributed by atoms with E-state index in [2.05, 4.69) is 21.4 Å². The summed E-state index contributed by atoms with van der Waals surface area (Å²) in [6.07, 6.45) is -1.36. The Morgan fingerprint density at radius 3 is 2.74 bits per heavy atom. The number of rotatable bonds is 10. The molecule has 1 aromatic carbocycles. The third-order valence-electron chi connectivity index (χ3n) is 8.15. The summed E-state index contributed by atoms with van der Waals surface area (Å²) in [4.78, 5) is 27.5. The molecule has 2 aliphatic heterocycles. The van der Waals surface area contributed by atoms with E-state index < -0.39 is 17.6 Å². The van der Waals surface area contributed by atoms with Crippen molar-refractivity contribution in [2.75, 3.05) is 43.5 Å². The van der Waals surface area contributed by atoms with E-state index in [9.17, 15) is 18.0 Å². The lowest BCUT2D eigenvalue weighted by atomic mass is 9.98. The molecule has 1 saturated heterocycles. The number of ether oxygens (including phenoxy) is 1. The van der Waals surface area contributed by atoms with Gasteiger partial charge in [0.25, 0.3) is 5.91 Å². The Morgan fingerprint density at radius 1 is 1.26 bits per heavy atom. The van der Waals surface area contributed by atoms with E-state index in [1.54, 1.807) is 38.2 Å². The Morgan fingerprint density at radius 2 is 2.04 bits per heavy atom. The van der Waals surface area contributed by atoms with Crippen molar-refractivity contribution < 1.29 is 22.7 Å². The highest BCUT2D eigenvalue weighted by molar-refractivity contribution is 6.11. The van der Waals surface area contributed by atoms with E-state index in [-0.39, 0.29) is 42.0 Å². The first-order valence-electron chi connectivity index (χ1n) is 15.2. The molecular formula is C33H36F3N9O2. The molecule has 0 spiro atoms. The van der Waals surface area contributed by atoms with Gasteiger partial charge in [0.2, 0.25) is 0 Å². The summed E-state index contributed by atoms with van der Waals surface area (Å²) in [5.74, 6) is -0.100. The van der Waals surface area contributed by atoms with Crippen LogP contribution in [-0.2, 0) is 24.0 Å². The molecule has 0 radical (unpaired) electrons. The molecule has 1 amide bonds. The van der Waals surface area contributed by atoms with Crippen LogP contribution >= 0.6 is 0 Å². The second kappa shape index (κ2) is 13.9. The van der Waals surface area contributed by atoms with Crippen molar-refractivity contribution in [3.8, 4) is 17.2 Å². The molecule has 2 aromatic heterocycles. The standard InChI is InChI=1S/C33H36F3N9O2/c1-20-10-24(26(15-41-20)31(39)43(3)19-38)23-13-29(40-7-5-4-6-37)42-30(14-23)45-18-27-25(32(45)46)11-22(12-28(27)33(34,35)36)17-44-8-9-47-21(2)16-44/h10-15,19,21,38-39H,4-5,7-9,16-18H2,1-3H3,(H,40,42)/t21-/m1/s1. The number of amides is 1. The number of aromatic nitrogens is 2. The average molecular weight is 648 g/mol. The number of anilines is 2. The van der Waals surface area contributed by atoms with Crippen molar-refractivity contribution >= 4 is 29.7 Å². The van der Waals surface area contributed by atoms with E-state index in [0.29, 0.717) is 72.8 Å². The predicted octanol–water partition coefficient (Wildman–Crippen LogP) is 5.43. The third-order valence-corrected chi connectivity index (χ3v) is 8.15. The number of pyridine rings is 2. The minimum absolute atomic E-state index is 0.00561. The van der Waals surface area contributed by atoms with Crippen molar-refractivity contribution in [1.29, 1.82) is 16.1 Å². The zero-order chi connectivity index (χ0) is 33.9. The van der Waals surface area contributed by atoms with Gasteiger partial charge in [-0.2, -0.15) is 18.4 Å². The van der Waals surface area contributed by atoms with Gasteiger partial charge in [0, 0.05) is 62.7 Å². The van der Waals surface area contributed by atoms with Crippen molar-refractivity contribution in [3.05, 3.63) is 70.0 Å². The Kier molecular flexibility index (Phi) is 9.88. The molecule has 5 rings (SSSR count). The predicted molar refractivity (Wildman–Crippen MR) is 172 cm³/mol. The van der Waals surface area contributed by atoms with Crippen molar-refractivity contribution in [3.63, 3.8) is 0 Å². The maximum Gasteiger partial charge on any atom is 0.416 e. The number of fused-ring (bicyclic) bond motifs is 1. The lowest BCUT2D eigenvalue weighted by molar-refractivity contribution is -0.138. The first kappa shape index (κ1) is 33.5. The number of nitrogens with one attached hydrogen (secondary N) is 3. The summed E-state index contributed by atoms with van der Waals surface area (Å²) in [5.41, 5.74) is 1.61. The van der Waals surface area contributed by atoms with Gasteiger partial charge in [-0.25, -0.2) is 4.98 Å². The number of halogens is 3. The Labute approximate surface area is 271 Å². The number of morpholine rings is 1. The fraction of sp³-hybridized carbons (Fsp3) is 0.394. The summed E-state index contributed by atoms with van der Waals surface area (Å²) >= 11 is 0. The number of aryl methyl sites for hydroxylation is 1. The number of hydrogen-bond acceptors (Lipinski definition) is 9. The summed E-state index contributed by atoms with van der Waals surface area (Å²) in [7, 11) is 1.56. The van der Waals surface area contributed by atoms with Gasteiger partial charge in [-0.3, -0.25) is 30.4 Å². The average Bonchev–Trinajstić information content (AvgIpc) is 3.37. The second-order valence-corrected chi connectivity index (χ2v) is 11.7. The smallest absolute Gasteiger partial charge is 0.376 e. The van der Waals surface area contributed by atoms with Gasteiger partial charge in [-0.1, -0.05) is 0 Å². The molecule has 11 nitrogen and oxygen atoms in total. The molecule has 0 saturated carbocycles. The number of hydrogen-bond donors (Lipinski definition) is 3. The first-order valence-corrected chi connectivity index (χ1v) is 15.2. The van der Waals surface area contributed by atoms with E-state index in [1.165, 1.54) is 16.0 Å². The number of carbonyl (C=O) groups excluding carboxylic acids is 1. The van der Waals surface area contributed by atoms with Gasteiger partial charge < -0.3 is 15.0 Å². The minimum Gasteiger partial charge on any atom is -0.376 e. The number of amidine groups is 1. The van der Waals surface area contributed by atoms with Crippen LogP contribution in [0.3, 0.4) is 0 Å². The maximum absolute atomic E-state index is 14.5. The van der Waals surface area contributed by atoms with Gasteiger partial charge in [-0.05, 0) is 72.9 Å². The largest absolute Gasteiger partial charge is 0.416 e. The molecule has 4 heterocycles. The van der Waals surface area contributed by atoms with Crippen molar-refractivity contribution in [1.82, 2.24) is 19.8 Å². The van der Waals surface area contributed by atoms with Gasteiger partial charge in [0.05, 0.1) is 37.2 Å². The minimum atomic E-state index is -4.68. The molecule has 3 aromatic rings. The van der Waals surface area contributed by atoms with E-state index >= 15 is 0 Å². The molecule has 246 valence electrons. The second-order valence-electron chi connectivity index (χ2n) is 11.7. The van der Waals surface area contributed by atoms with Crippen LogP contribution in [0, 0.1) is 29.1 Å². The van der Waals surface area contributed by atoms with Crippen LogP contribution in [-0.4, -0.2) is 77.2 Å². The highest BCUT2D eigenvalue weighted by Gasteiger charge is 2.41. The molecule has 47 heavy (non-hydrogen) atoms. The SMILES string of the molecule is Cc1cc(-c2cc(NCCCC#N)nc(N3Cc4c(cc(CN5CCO[C@H](C)C5)cc4C(F)(F)F)C3=O)c2)c(C(=N)N(C)C=N)cn1. The van der Waals surface area contributed by atoms with Gasteiger partial charge in [0.1, 0.15) is 17.5 Å². The zero-order valence-electron chi connectivity index (χ0n) is 26.4. The lowest BCUT2D eigenvalue weighted by Crippen LogP contribution is -2.40. The van der Waals surface area contributed by atoms with E-state index in [0.717, 1.165) is 12.4 Å². The summed E-state index contributed by atoms with van der Waals surface area (Å²) in [5, 5.41) is 28.4. The number of nitrogens with zero attached hydrogens (tertiary/aromatic N) is 6. The molecule has 0 aliphatic carbocycles. The highest BCUT2D eigenvalue weighted by atomic mass is 19.4. The number of carbonyl (C=O) groups is 1. The zero-order valence-corrected chi connectivity index (χ0v) is 26.4. The lowest BCUT2D eigenvalue weighted by Gasteiger charge is -2.31. The van der Waals surface area contributed by atoms with Crippen LogP contribution in [0.25, 0.3) is 11.1 Å². The van der Waals surface area contributed by atoms with Crippen LogP contribution in [0.4, 0.5) is 24.8 Å². The maximum atomic E-state index is 14.5. The van der Waals surface area contributed by atoms with Crippen LogP contribution in [0.5, 0.6) is 0 Å². The number of alkyl halides is 3. The Balaban J connectivity index is 1.58. The van der Waals surface area contributed by atoms with Gasteiger partial charge in [-0.15, -0.1) is 0 Å². The fourth-order valence-electron chi connectivity index (χ4n) is 5.82.